The zero-order chi connectivity index (χ0) is 19.5. The van der Waals surface area contributed by atoms with Crippen LogP contribution in [0.15, 0.2) is 0 Å². The van der Waals surface area contributed by atoms with Gasteiger partial charge in [-0.2, -0.15) is 0 Å². The van der Waals surface area contributed by atoms with E-state index in [-0.39, 0.29) is 5.60 Å². The quantitative estimate of drug-likeness (QED) is 0.470. The first kappa shape index (κ1) is 23.9. The number of unbranched alkanes of at least 4 members (excludes halogenated alkanes) is 4. The van der Waals surface area contributed by atoms with Crippen LogP contribution in [-0.4, -0.2) is 73.5 Å². The lowest BCUT2D eigenvalue weighted by Gasteiger charge is -2.42. The van der Waals surface area contributed by atoms with Crippen LogP contribution < -0.4 is 0 Å². The summed E-state index contributed by atoms with van der Waals surface area (Å²) >= 11 is 0. The molecule has 0 spiro atoms. The Morgan fingerprint density at radius 1 is 0.654 bits per heavy atom. The van der Waals surface area contributed by atoms with Gasteiger partial charge in [-0.05, 0) is 86.6 Å². The molecule has 0 atom stereocenters. The molecule has 1 rings (SSSR count). The normalized spacial score (nSPS) is 17.8. The van der Waals surface area contributed by atoms with E-state index in [9.17, 15) is 0 Å². The van der Waals surface area contributed by atoms with Crippen LogP contribution in [0.4, 0.5) is 0 Å². The molecule has 156 valence electrons. The first-order valence-corrected chi connectivity index (χ1v) is 10.9. The number of hydrogen-bond donors (Lipinski definition) is 0. The second-order valence-corrected chi connectivity index (χ2v) is 9.69. The van der Waals surface area contributed by atoms with Gasteiger partial charge in [0.1, 0.15) is 0 Å². The third kappa shape index (κ3) is 12.3. The molecule has 1 aliphatic rings. The molecule has 0 aromatic heterocycles. The summed E-state index contributed by atoms with van der Waals surface area (Å²) in [6.07, 6.45) is 7.31. The smallest absolute Gasteiger partial charge is 0.0598 e. The highest BCUT2D eigenvalue weighted by atomic mass is 16.5. The monoisotopic (exact) mass is 370 g/mol. The zero-order valence-corrected chi connectivity index (χ0v) is 18.6. The van der Waals surface area contributed by atoms with Gasteiger partial charge < -0.3 is 14.4 Å². The minimum Gasteiger partial charge on any atom is -0.381 e. The zero-order valence-electron chi connectivity index (χ0n) is 18.6. The van der Waals surface area contributed by atoms with E-state index in [4.69, 9.17) is 9.47 Å². The second kappa shape index (κ2) is 12.3. The maximum Gasteiger partial charge on any atom is 0.0598 e. The Labute approximate surface area is 163 Å². The molecule has 1 aliphatic heterocycles. The van der Waals surface area contributed by atoms with Crippen LogP contribution in [0.1, 0.15) is 80.1 Å². The predicted molar refractivity (Wildman–Crippen MR) is 112 cm³/mol. The highest BCUT2D eigenvalue weighted by molar-refractivity contribution is 4.81. The van der Waals surface area contributed by atoms with Gasteiger partial charge in [-0.15, -0.1) is 0 Å². The topological polar surface area (TPSA) is 24.9 Å². The van der Waals surface area contributed by atoms with Gasteiger partial charge in [-0.1, -0.05) is 0 Å². The molecule has 4 heteroatoms. The van der Waals surface area contributed by atoms with Crippen molar-refractivity contribution >= 4 is 0 Å². The van der Waals surface area contributed by atoms with Gasteiger partial charge in [-0.25, -0.2) is 0 Å². The number of nitrogens with zero attached hydrogens (tertiary/aromatic N) is 2. The molecule has 0 N–H and O–H groups in total. The van der Waals surface area contributed by atoms with Crippen LogP contribution in [0.3, 0.4) is 0 Å². The van der Waals surface area contributed by atoms with Crippen LogP contribution in [-0.2, 0) is 9.47 Å². The molecule has 0 bridgehead atoms. The van der Waals surface area contributed by atoms with Crippen molar-refractivity contribution in [1.82, 2.24) is 9.80 Å². The average Bonchev–Trinajstić information content (AvgIpc) is 2.54. The van der Waals surface area contributed by atoms with Gasteiger partial charge in [-0.3, -0.25) is 4.90 Å². The SMILES string of the molecule is CC(C)(C)OCCCCCOCCCCCN1CCN(C(C)(C)C)CC1. The fourth-order valence-electron chi connectivity index (χ4n) is 3.32. The van der Waals surface area contributed by atoms with Crippen LogP contribution in [0, 0.1) is 0 Å². The van der Waals surface area contributed by atoms with E-state index in [0.29, 0.717) is 5.54 Å². The van der Waals surface area contributed by atoms with E-state index in [2.05, 4.69) is 51.3 Å². The molecule has 0 aromatic rings. The summed E-state index contributed by atoms with van der Waals surface area (Å²) in [6.45, 7) is 22.2. The number of ether oxygens (including phenoxy) is 2. The molecule has 0 aliphatic carbocycles. The van der Waals surface area contributed by atoms with Crippen molar-refractivity contribution in [3.8, 4) is 0 Å². The first-order valence-electron chi connectivity index (χ1n) is 10.9. The van der Waals surface area contributed by atoms with Crippen LogP contribution >= 0.6 is 0 Å². The van der Waals surface area contributed by atoms with Gasteiger partial charge in [0.05, 0.1) is 5.60 Å². The third-order valence-electron chi connectivity index (χ3n) is 5.05. The summed E-state index contributed by atoms with van der Waals surface area (Å²) in [5.41, 5.74) is 0.319. The van der Waals surface area contributed by atoms with E-state index in [1.54, 1.807) is 0 Å². The van der Waals surface area contributed by atoms with Gasteiger partial charge >= 0.3 is 0 Å². The van der Waals surface area contributed by atoms with E-state index >= 15 is 0 Å². The number of rotatable bonds is 12. The summed E-state index contributed by atoms with van der Waals surface area (Å²) < 4.78 is 11.5. The van der Waals surface area contributed by atoms with Gasteiger partial charge in [0, 0.05) is 51.5 Å². The second-order valence-electron chi connectivity index (χ2n) is 9.69. The molecule has 0 radical (unpaired) electrons. The molecule has 26 heavy (non-hydrogen) atoms. The number of hydrogen-bond acceptors (Lipinski definition) is 4. The first-order chi connectivity index (χ1) is 12.2. The minimum atomic E-state index is -0.00330. The molecule has 1 saturated heterocycles. The molecule has 4 nitrogen and oxygen atoms in total. The van der Waals surface area contributed by atoms with Crippen molar-refractivity contribution < 1.29 is 9.47 Å². The van der Waals surface area contributed by atoms with E-state index < -0.39 is 0 Å². The average molecular weight is 371 g/mol. The summed E-state index contributed by atoms with van der Waals surface area (Å²) in [4.78, 5) is 5.23. The van der Waals surface area contributed by atoms with Crippen LogP contribution in [0.25, 0.3) is 0 Å². The molecule has 0 unspecified atom stereocenters. The van der Waals surface area contributed by atoms with Crippen LogP contribution in [0.5, 0.6) is 0 Å². The minimum absolute atomic E-state index is 0.00330. The highest BCUT2D eigenvalue weighted by Crippen LogP contribution is 2.16. The van der Waals surface area contributed by atoms with E-state index in [1.165, 1.54) is 58.4 Å². The van der Waals surface area contributed by atoms with Crippen molar-refractivity contribution in [3.05, 3.63) is 0 Å². The molecule has 0 aromatic carbocycles. The van der Waals surface area contributed by atoms with Gasteiger partial charge in [0.25, 0.3) is 0 Å². The summed E-state index contributed by atoms with van der Waals surface area (Å²) in [6, 6.07) is 0. The van der Waals surface area contributed by atoms with Gasteiger partial charge in [0.2, 0.25) is 0 Å². The summed E-state index contributed by atoms with van der Waals surface area (Å²) in [5, 5.41) is 0. The lowest BCUT2D eigenvalue weighted by molar-refractivity contribution is -0.00536. The lowest BCUT2D eigenvalue weighted by atomic mass is 10.0. The molecule has 1 heterocycles. The highest BCUT2D eigenvalue weighted by Gasteiger charge is 2.25. The fourth-order valence-corrected chi connectivity index (χ4v) is 3.32. The Morgan fingerprint density at radius 2 is 1.19 bits per heavy atom. The molecule has 0 saturated carbocycles. The van der Waals surface area contributed by atoms with Crippen LogP contribution in [0.2, 0.25) is 0 Å². The fraction of sp³-hybridized carbons (Fsp3) is 1.00. The Bertz CT molecular complexity index is 339. The number of piperazine rings is 1. The molecule has 0 amide bonds. The Kier molecular flexibility index (Phi) is 11.3. The maximum absolute atomic E-state index is 5.76. The Hall–Kier alpha value is -0.160. The summed E-state index contributed by atoms with van der Waals surface area (Å²) in [7, 11) is 0. The van der Waals surface area contributed by atoms with Crippen molar-refractivity contribution in [2.45, 2.75) is 91.2 Å². The largest absolute Gasteiger partial charge is 0.381 e. The molecular formula is C22H46N2O2. The standard InChI is InChI=1S/C22H46N2O2/c1-21(2,3)24-16-14-23(15-17-24)13-9-7-10-18-25-19-11-8-12-20-26-22(4,5)6/h7-20H2,1-6H3. The third-order valence-corrected chi connectivity index (χ3v) is 5.05. The Morgan fingerprint density at radius 3 is 1.73 bits per heavy atom. The van der Waals surface area contributed by atoms with Crippen molar-refractivity contribution in [1.29, 1.82) is 0 Å². The summed E-state index contributed by atoms with van der Waals surface area (Å²) in [5.74, 6) is 0. The Balaban J connectivity index is 1.83. The van der Waals surface area contributed by atoms with Gasteiger partial charge in [0.15, 0.2) is 0 Å². The van der Waals surface area contributed by atoms with Crippen molar-refractivity contribution in [2.24, 2.45) is 0 Å². The lowest BCUT2D eigenvalue weighted by Crippen LogP contribution is -2.53. The van der Waals surface area contributed by atoms with E-state index in [1.807, 2.05) is 0 Å². The van der Waals surface area contributed by atoms with Crippen molar-refractivity contribution in [2.75, 3.05) is 52.5 Å². The molecular weight excluding hydrogens is 324 g/mol. The van der Waals surface area contributed by atoms with E-state index in [0.717, 1.165) is 32.7 Å². The predicted octanol–water partition coefficient (Wildman–Crippen LogP) is 4.57. The maximum atomic E-state index is 5.76. The van der Waals surface area contributed by atoms with Crippen molar-refractivity contribution in [3.63, 3.8) is 0 Å². The molecule has 1 fully saturated rings.